The third kappa shape index (κ3) is 4.61. The first-order chi connectivity index (χ1) is 12.6. The summed E-state index contributed by atoms with van der Waals surface area (Å²) in [6.07, 6.45) is 3.48. The van der Waals surface area contributed by atoms with Gasteiger partial charge in [0, 0.05) is 23.7 Å². The normalized spacial score (nSPS) is 12.2. The molecule has 1 amide bonds. The summed E-state index contributed by atoms with van der Waals surface area (Å²) in [5.41, 5.74) is 5.34. The van der Waals surface area contributed by atoms with E-state index in [0.29, 0.717) is 0 Å². The van der Waals surface area contributed by atoms with E-state index in [1.54, 1.807) is 10.9 Å². The zero-order valence-corrected chi connectivity index (χ0v) is 15.5. The highest BCUT2D eigenvalue weighted by molar-refractivity contribution is 8.00. The van der Waals surface area contributed by atoms with Gasteiger partial charge in [-0.3, -0.25) is 9.48 Å². The van der Waals surface area contributed by atoms with Crippen molar-refractivity contribution in [3.8, 4) is 0 Å². The predicted octanol–water partition coefficient (Wildman–Crippen LogP) is 3.71. The van der Waals surface area contributed by atoms with E-state index in [0.717, 1.165) is 21.7 Å². The van der Waals surface area contributed by atoms with E-state index in [1.165, 1.54) is 11.8 Å². The first-order valence-electron chi connectivity index (χ1n) is 8.23. The Morgan fingerprint density at radius 1 is 1.15 bits per heavy atom. The van der Waals surface area contributed by atoms with E-state index >= 15 is 0 Å². The van der Waals surface area contributed by atoms with Crippen LogP contribution in [0.5, 0.6) is 0 Å². The van der Waals surface area contributed by atoms with Crippen LogP contribution in [0.25, 0.3) is 0 Å². The molecular formula is C20H20N4OS. The second-order valence-corrected chi connectivity index (χ2v) is 6.98. The van der Waals surface area contributed by atoms with Gasteiger partial charge >= 0.3 is 0 Å². The maximum Gasteiger partial charge on any atom is 0.258 e. The Balaban J connectivity index is 1.75. The van der Waals surface area contributed by atoms with Gasteiger partial charge in [0.2, 0.25) is 0 Å². The Morgan fingerprint density at radius 2 is 1.81 bits per heavy atom. The van der Waals surface area contributed by atoms with Crippen LogP contribution in [0.2, 0.25) is 0 Å². The fraction of sp³-hybridized carbons (Fsp3) is 0.150. The summed E-state index contributed by atoms with van der Waals surface area (Å²) in [6.45, 7) is 1.90. The lowest BCUT2D eigenvalue weighted by molar-refractivity contribution is -0.120. The van der Waals surface area contributed by atoms with Crippen molar-refractivity contribution in [2.45, 2.75) is 17.1 Å². The van der Waals surface area contributed by atoms with Crippen molar-refractivity contribution >= 4 is 23.9 Å². The Bertz CT molecular complexity index is 891. The average molecular weight is 364 g/mol. The molecule has 0 radical (unpaired) electrons. The predicted molar refractivity (Wildman–Crippen MR) is 105 cm³/mol. The summed E-state index contributed by atoms with van der Waals surface area (Å²) >= 11 is 1.50. The Morgan fingerprint density at radius 3 is 2.42 bits per heavy atom. The second kappa shape index (κ2) is 8.49. The van der Waals surface area contributed by atoms with Gasteiger partial charge in [-0.05, 0) is 24.6 Å². The van der Waals surface area contributed by atoms with E-state index in [1.807, 2.05) is 80.8 Å². The number of aryl methyl sites for hydroxylation is 2. The van der Waals surface area contributed by atoms with E-state index < -0.39 is 0 Å². The van der Waals surface area contributed by atoms with Gasteiger partial charge < -0.3 is 0 Å². The zero-order valence-electron chi connectivity index (χ0n) is 14.7. The van der Waals surface area contributed by atoms with Crippen LogP contribution in [0.3, 0.4) is 0 Å². The SMILES string of the molecule is Cc1nn(C)cc1/C=N\NC(=O)[C@@H](Sc1ccccc1)c1ccccc1. The number of benzene rings is 2. The van der Waals surface area contributed by atoms with Crippen molar-refractivity contribution in [2.24, 2.45) is 12.1 Å². The van der Waals surface area contributed by atoms with Gasteiger partial charge in [-0.15, -0.1) is 11.8 Å². The van der Waals surface area contributed by atoms with E-state index in [4.69, 9.17) is 0 Å². The van der Waals surface area contributed by atoms with Crippen molar-refractivity contribution in [3.63, 3.8) is 0 Å². The number of hydrogen-bond donors (Lipinski definition) is 1. The van der Waals surface area contributed by atoms with Gasteiger partial charge in [-0.1, -0.05) is 48.5 Å². The average Bonchev–Trinajstić information content (AvgIpc) is 2.98. The molecule has 0 spiro atoms. The van der Waals surface area contributed by atoms with Crippen LogP contribution in [-0.2, 0) is 11.8 Å². The van der Waals surface area contributed by atoms with Crippen LogP contribution in [0.1, 0.15) is 22.1 Å². The van der Waals surface area contributed by atoms with Crippen molar-refractivity contribution in [1.82, 2.24) is 15.2 Å². The van der Waals surface area contributed by atoms with Gasteiger partial charge in [0.1, 0.15) is 5.25 Å². The number of rotatable bonds is 6. The topological polar surface area (TPSA) is 59.3 Å². The maximum atomic E-state index is 12.8. The van der Waals surface area contributed by atoms with E-state index in [9.17, 15) is 4.79 Å². The Kier molecular flexibility index (Phi) is 5.86. The van der Waals surface area contributed by atoms with E-state index in [2.05, 4.69) is 15.6 Å². The van der Waals surface area contributed by atoms with Gasteiger partial charge in [0.25, 0.3) is 5.91 Å². The number of amides is 1. The third-order valence-electron chi connectivity index (χ3n) is 3.77. The van der Waals surface area contributed by atoms with Crippen LogP contribution >= 0.6 is 11.8 Å². The monoisotopic (exact) mass is 364 g/mol. The highest BCUT2D eigenvalue weighted by Crippen LogP contribution is 2.35. The largest absolute Gasteiger partial charge is 0.275 e. The van der Waals surface area contributed by atoms with Gasteiger partial charge in [-0.25, -0.2) is 5.43 Å². The maximum absolute atomic E-state index is 12.8. The fourth-order valence-corrected chi connectivity index (χ4v) is 3.54. The number of nitrogens with zero attached hydrogens (tertiary/aromatic N) is 3. The summed E-state index contributed by atoms with van der Waals surface area (Å²) in [7, 11) is 1.85. The molecule has 0 bridgehead atoms. The van der Waals surface area contributed by atoms with Crippen LogP contribution in [0.4, 0.5) is 0 Å². The first kappa shape index (κ1) is 17.9. The van der Waals surface area contributed by atoms with Crippen LogP contribution in [-0.4, -0.2) is 21.9 Å². The molecule has 1 aromatic heterocycles. The summed E-state index contributed by atoms with van der Waals surface area (Å²) in [5.74, 6) is -0.164. The summed E-state index contributed by atoms with van der Waals surface area (Å²) in [6, 6.07) is 19.6. The Labute approximate surface area is 157 Å². The summed E-state index contributed by atoms with van der Waals surface area (Å²) in [4.78, 5) is 13.8. The van der Waals surface area contributed by atoms with Crippen LogP contribution in [0.15, 0.2) is 76.9 Å². The molecule has 0 saturated heterocycles. The number of aromatic nitrogens is 2. The molecular weight excluding hydrogens is 344 g/mol. The molecule has 2 aromatic carbocycles. The number of carbonyl (C=O) groups is 1. The molecule has 26 heavy (non-hydrogen) atoms. The zero-order chi connectivity index (χ0) is 18.4. The fourth-order valence-electron chi connectivity index (χ4n) is 2.50. The van der Waals surface area contributed by atoms with Crippen LogP contribution < -0.4 is 5.43 Å². The standard InChI is InChI=1S/C20H20N4OS/c1-15-17(14-24(2)23-15)13-21-22-20(25)19(16-9-5-3-6-10-16)26-18-11-7-4-8-12-18/h3-14,19H,1-2H3,(H,22,25)/b21-13-/t19-/m0/s1. The minimum atomic E-state index is -0.384. The molecule has 3 aromatic rings. The van der Waals surface area contributed by atoms with Crippen LogP contribution in [0, 0.1) is 6.92 Å². The number of thioether (sulfide) groups is 1. The molecule has 3 rings (SSSR count). The van der Waals surface area contributed by atoms with E-state index in [-0.39, 0.29) is 11.2 Å². The van der Waals surface area contributed by atoms with Gasteiger partial charge in [0.15, 0.2) is 0 Å². The highest BCUT2D eigenvalue weighted by atomic mass is 32.2. The number of hydrazone groups is 1. The molecule has 5 nitrogen and oxygen atoms in total. The number of carbonyl (C=O) groups excluding carboxylic acids is 1. The quantitative estimate of drug-likeness (QED) is 0.412. The lowest BCUT2D eigenvalue weighted by Gasteiger charge is -2.15. The first-order valence-corrected chi connectivity index (χ1v) is 9.11. The lowest BCUT2D eigenvalue weighted by atomic mass is 10.1. The van der Waals surface area contributed by atoms with Gasteiger partial charge in [-0.2, -0.15) is 10.2 Å². The molecule has 132 valence electrons. The summed E-state index contributed by atoms with van der Waals surface area (Å²) in [5, 5.41) is 7.98. The van der Waals surface area contributed by atoms with Crippen molar-refractivity contribution in [3.05, 3.63) is 83.7 Å². The highest BCUT2D eigenvalue weighted by Gasteiger charge is 2.21. The molecule has 0 aliphatic carbocycles. The minimum Gasteiger partial charge on any atom is -0.275 e. The number of nitrogens with one attached hydrogen (secondary N) is 1. The smallest absolute Gasteiger partial charge is 0.258 e. The Hall–Kier alpha value is -2.86. The molecule has 0 aliphatic heterocycles. The molecule has 6 heteroatoms. The molecule has 0 aliphatic rings. The lowest BCUT2D eigenvalue weighted by Crippen LogP contribution is -2.23. The molecule has 0 fully saturated rings. The molecule has 0 unspecified atom stereocenters. The second-order valence-electron chi connectivity index (χ2n) is 5.80. The molecule has 1 heterocycles. The molecule has 0 saturated carbocycles. The van der Waals surface area contributed by atoms with Crippen molar-refractivity contribution < 1.29 is 4.79 Å². The van der Waals surface area contributed by atoms with Crippen molar-refractivity contribution in [1.29, 1.82) is 0 Å². The van der Waals surface area contributed by atoms with Gasteiger partial charge in [0.05, 0.1) is 11.9 Å². The molecule has 1 N–H and O–H groups in total. The number of hydrogen-bond acceptors (Lipinski definition) is 4. The minimum absolute atomic E-state index is 0.164. The molecule has 1 atom stereocenters. The third-order valence-corrected chi connectivity index (χ3v) is 5.03. The van der Waals surface area contributed by atoms with Crippen molar-refractivity contribution in [2.75, 3.05) is 0 Å². The summed E-state index contributed by atoms with van der Waals surface area (Å²) < 4.78 is 1.72.